The third kappa shape index (κ3) is 2.88. The molecule has 0 amide bonds. The minimum atomic E-state index is 0.440. The van der Waals surface area contributed by atoms with Crippen molar-refractivity contribution in [2.24, 2.45) is 5.92 Å². The Bertz CT molecular complexity index is 296. The lowest BCUT2D eigenvalue weighted by Crippen LogP contribution is -2.35. The molecule has 2 nitrogen and oxygen atoms in total. The van der Waals surface area contributed by atoms with Gasteiger partial charge >= 0.3 is 0 Å². The van der Waals surface area contributed by atoms with Crippen molar-refractivity contribution in [3.8, 4) is 5.75 Å². The molecule has 1 aromatic rings. The highest BCUT2D eigenvalue weighted by Gasteiger charge is 2.20. The smallest absolute Gasteiger partial charge is 0.142 e. The highest BCUT2D eigenvalue weighted by molar-refractivity contribution is 5.58. The van der Waals surface area contributed by atoms with E-state index >= 15 is 0 Å². The number of hydrogen-bond donors (Lipinski definition) is 1. The summed E-state index contributed by atoms with van der Waals surface area (Å²) in [4.78, 5) is 0. The first-order valence-corrected chi connectivity index (χ1v) is 5.76. The van der Waals surface area contributed by atoms with Crippen LogP contribution in [0, 0.1) is 5.92 Å². The molecular weight excluding hydrogens is 186 g/mol. The fourth-order valence-electron chi connectivity index (χ4n) is 1.49. The molecule has 0 saturated carbocycles. The van der Waals surface area contributed by atoms with Gasteiger partial charge in [0.15, 0.2) is 0 Å². The largest absolute Gasteiger partial charge is 0.489 e. The summed E-state index contributed by atoms with van der Waals surface area (Å²) in [7, 11) is 0. The van der Waals surface area contributed by atoms with Crippen molar-refractivity contribution in [3.05, 3.63) is 24.3 Å². The van der Waals surface area contributed by atoms with Gasteiger partial charge < -0.3 is 10.1 Å². The van der Waals surface area contributed by atoms with Crippen LogP contribution < -0.4 is 10.1 Å². The van der Waals surface area contributed by atoms with Crippen LogP contribution in [0.1, 0.15) is 27.7 Å². The Morgan fingerprint density at radius 3 is 2.60 bits per heavy atom. The number of benzene rings is 1. The van der Waals surface area contributed by atoms with Gasteiger partial charge in [0.1, 0.15) is 12.4 Å². The molecule has 0 spiro atoms. The van der Waals surface area contributed by atoms with E-state index in [9.17, 15) is 0 Å². The summed E-state index contributed by atoms with van der Waals surface area (Å²) in [5, 5.41) is 3.47. The van der Waals surface area contributed by atoms with E-state index in [-0.39, 0.29) is 0 Å². The number of anilines is 1. The quantitative estimate of drug-likeness (QED) is 0.760. The fourth-order valence-corrected chi connectivity index (χ4v) is 1.49. The van der Waals surface area contributed by atoms with E-state index in [1.165, 1.54) is 0 Å². The molecule has 1 atom stereocenters. The summed E-state index contributed by atoms with van der Waals surface area (Å²) in [5.41, 5.74) is 1.12. The molecule has 0 aromatic heterocycles. The summed E-state index contributed by atoms with van der Waals surface area (Å²) in [6.45, 7) is 9.18. The van der Waals surface area contributed by atoms with Crippen LogP contribution in [-0.2, 0) is 0 Å². The standard InChI is InChI=1S/C11H15NO.C2H6/c1-8(2)10-7-13-11-6-4-3-5-9(11)12-10;1-2/h3-6,8,10,12H,7H2,1-2H3;1-2H3/t10-;/m1./s1. The van der Waals surface area contributed by atoms with Crippen LogP contribution in [-0.4, -0.2) is 12.6 Å². The first kappa shape index (κ1) is 11.9. The molecule has 1 aliphatic heterocycles. The zero-order valence-corrected chi connectivity index (χ0v) is 10.1. The van der Waals surface area contributed by atoms with E-state index in [4.69, 9.17) is 4.74 Å². The van der Waals surface area contributed by atoms with Crippen LogP contribution in [0.2, 0.25) is 0 Å². The lowest BCUT2D eigenvalue weighted by molar-refractivity contribution is 0.257. The topological polar surface area (TPSA) is 21.3 Å². The second-order valence-electron chi connectivity index (χ2n) is 3.80. The first-order valence-electron chi connectivity index (χ1n) is 5.76. The van der Waals surface area contributed by atoms with Crippen LogP contribution in [0.15, 0.2) is 24.3 Å². The van der Waals surface area contributed by atoms with E-state index in [1.807, 2.05) is 32.0 Å². The summed E-state index contributed by atoms with van der Waals surface area (Å²) < 4.78 is 5.63. The van der Waals surface area contributed by atoms with Gasteiger partial charge in [-0.1, -0.05) is 39.8 Å². The van der Waals surface area contributed by atoms with Crippen molar-refractivity contribution in [3.63, 3.8) is 0 Å². The molecule has 1 aliphatic rings. The first-order chi connectivity index (χ1) is 7.27. The molecule has 2 heteroatoms. The molecule has 0 saturated heterocycles. The van der Waals surface area contributed by atoms with Gasteiger partial charge in [-0.05, 0) is 18.1 Å². The van der Waals surface area contributed by atoms with Gasteiger partial charge in [-0.2, -0.15) is 0 Å². The average Bonchev–Trinajstić information content (AvgIpc) is 2.31. The van der Waals surface area contributed by atoms with Crippen molar-refractivity contribution in [1.82, 2.24) is 0 Å². The van der Waals surface area contributed by atoms with E-state index in [2.05, 4.69) is 25.2 Å². The Balaban J connectivity index is 0.000000531. The number of para-hydroxylation sites is 2. The maximum absolute atomic E-state index is 5.63. The maximum Gasteiger partial charge on any atom is 0.142 e. The third-order valence-electron chi connectivity index (χ3n) is 2.45. The van der Waals surface area contributed by atoms with Gasteiger partial charge in [0.25, 0.3) is 0 Å². The van der Waals surface area contributed by atoms with Gasteiger partial charge in [-0.3, -0.25) is 0 Å². The minimum absolute atomic E-state index is 0.440. The van der Waals surface area contributed by atoms with Crippen molar-refractivity contribution < 1.29 is 4.74 Å². The highest BCUT2D eigenvalue weighted by atomic mass is 16.5. The molecule has 1 heterocycles. The predicted molar refractivity (Wildman–Crippen MR) is 65.5 cm³/mol. The number of fused-ring (bicyclic) bond motifs is 1. The lowest BCUT2D eigenvalue weighted by atomic mass is 10.0. The molecule has 0 fully saturated rings. The molecule has 0 bridgehead atoms. The van der Waals surface area contributed by atoms with Gasteiger partial charge in [0.05, 0.1) is 11.7 Å². The molecule has 0 radical (unpaired) electrons. The van der Waals surface area contributed by atoms with Gasteiger partial charge in [-0.15, -0.1) is 0 Å². The second kappa shape index (κ2) is 5.64. The molecule has 0 unspecified atom stereocenters. The van der Waals surface area contributed by atoms with Gasteiger partial charge in [-0.25, -0.2) is 0 Å². The Kier molecular flexibility index (Phi) is 4.47. The van der Waals surface area contributed by atoms with Crippen molar-refractivity contribution >= 4 is 5.69 Å². The molecule has 1 N–H and O–H groups in total. The second-order valence-corrected chi connectivity index (χ2v) is 3.80. The maximum atomic E-state index is 5.63. The molecule has 1 aromatic carbocycles. The van der Waals surface area contributed by atoms with Crippen LogP contribution in [0.3, 0.4) is 0 Å². The number of ether oxygens (including phenoxy) is 1. The van der Waals surface area contributed by atoms with Crippen molar-refractivity contribution in [2.45, 2.75) is 33.7 Å². The molecule has 15 heavy (non-hydrogen) atoms. The van der Waals surface area contributed by atoms with Crippen molar-refractivity contribution in [1.29, 1.82) is 0 Å². The zero-order chi connectivity index (χ0) is 11.3. The molecule has 2 rings (SSSR count). The van der Waals surface area contributed by atoms with Gasteiger partial charge in [0.2, 0.25) is 0 Å². The Labute approximate surface area is 92.6 Å². The Morgan fingerprint density at radius 2 is 1.93 bits per heavy atom. The summed E-state index contributed by atoms with van der Waals surface area (Å²) in [6.07, 6.45) is 0. The minimum Gasteiger partial charge on any atom is -0.489 e. The third-order valence-corrected chi connectivity index (χ3v) is 2.45. The Morgan fingerprint density at radius 1 is 1.27 bits per heavy atom. The van der Waals surface area contributed by atoms with Crippen LogP contribution in [0.5, 0.6) is 5.75 Å². The normalized spacial score (nSPS) is 18.1. The van der Waals surface area contributed by atoms with Crippen LogP contribution in [0.4, 0.5) is 5.69 Å². The lowest BCUT2D eigenvalue weighted by Gasteiger charge is -2.29. The zero-order valence-electron chi connectivity index (χ0n) is 10.1. The summed E-state index contributed by atoms with van der Waals surface area (Å²) in [6, 6.07) is 8.52. The molecular formula is C13H21NO. The van der Waals surface area contributed by atoms with E-state index in [1.54, 1.807) is 0 Å². The number of rotatable bonds is 1. The van der Waals surface area contributed by atoms with E-state index in [0.717, 1.165) is 18.0 Å². The summed E-state index contributed by atoms with van der Waals surface area (Å²) >= 11 is 0. The van der Waals surface area contributed by atoms with Crippen LogP contribution >= 0.6 is 0 Å². The fraction of sp³-hybridized carbons (Fsp3) is 0.538. The van der Waals surface area contributed by atoms with E-state index in [0.29, 0.717) is 12.0 Å². The SMILES string of the molecule is CC.CC(C)[C@H]1COc2ccccc2N1. The summed E-state index contributed by atoms with van der Waals surface area (Å²) in [5.74, 6) is 1.58. The van der Waals surface area contributed by atoms with Gasteiger partial charge in [0, 0.05) is 0 Å². The number of nitrogens with one attached hydrogen (secondary N) is 1. The monoisotopic (exact) mass is 207 g/mol. The number of hydrogen-bond acceptors (Lipinski definition) is 2. The van der Waals surface area contributed by atoms with E-state index < -0.39 is 0 Å². The molecule has 84 valence electrons. The molecule has 0 aliphatic carbocycles. The highest BCUT2D eigenvalue weighted by Crippen LogP contribution is 2.29. The van der Waals surface area contributed by atoms with Crippen LogP contribution in [0.25, 0.3) is 0 Å². The predicted octanol–water partition coefficient (Wildman–Crippen LogP) is 3.54. The Hall–Kier alpha value is -1.18. The van der Waals surface area contributed by atoms with Crippen molar-refractivity contribution in [2.75, 3.05) is 11.9 Å². The average molecular weight is 207 g/mol.